The molecule has 0 spiro atoms. The molecule has 0 aliphatic heterocycles. The summed E-state index contributed by atoms with van der Waals surface area (Å²) in [7, 11) is 1.63. The first-order chi connectivity index (χ1) is 12.4. The van der Waals surface area contributed by atoms with Gasteiger partial charge in [0.1, 0.15) is 5.75 Å². The number of aliphatic imine (C=N–C) groups is 1. The quantitative estimate of drug-likeness (QED) is 0.532. The Balaban J connectivity index is 1.95. The van der Waals surface area contributed by atoms with Crippen molar-refractivity contribution in [2.45, 2.75) is 39.5 Å². The van der Waals surface area contributed by atoms with E-state index in [4.69, 9.17) is 11.6 Å². The molecule has 0 radical (unpaired) electrons. The fraction of sp³-hybridized carbons (Fsp3) is 0.412. The zero-order valence-electron chi connectivity index (χ0n) is 14.7. The Kier molecular flexibility index (Phi) is 7.59. The number of thiazole rings is 1. The summed E-state index contributed by atoms with van der Waals surface area (Å²) >= 11 is 7.57. The number of nitrogens with one attached hydrogen (secondary N) is 2. The van der Waals surface area contributed by atoms with E-state index in [1.54, 1.807) is 24.5 Å². The maximum Gasteiger partial charge on any atom is 0.387 e. The number of rotatable bonds is 7. The van der Waals surface area contributed by atoms with Crippen LogP contribution in [0.5, 0.6) is 5.75 Å². The summed E-state index contributed by atoms with van der Waals surface area (Å²) in [4.78, 5) is 8.67. The van der Waals surface area contributed by atoms with Gasteiger partial charge in [0.25, 0.3) is 0 Å². The predicted octanol–water partition coefficient (Wildman–Crippen LogP) is 4.39. The number of alkyl halides is 2. The third-order valence-electron chi connectivity index (χ3n) is 3.41. The summed E-state index contributed by atoms with van der Waals surface area (Å²) in [5, 5.41) is 9.72. The second-order valence-electron chi connectivity index (χ2n) is 5.74. The van der Waals surface area contributed by atoms with Crippen LogP contribution in [0.4, 0.5) is 8.78 Å². The molecule has 0 fully saturated rings. The molecule has 0 aliphatic rings. The topological polar surface area (TPSA) is 58.5 Å². The number of hydrogen-bond acceptors (Lipinski definition) is 4. The average Bonchev–Trinajstić information content (AvgIpc) is 3.06. The summed E-state index contributed by atoms with van der Waals surface area (Å²) in [6, 6.07) is 4.50. The van der Waals surface area contributed by atoms with Gasteiger partial charge < -0.3 is 15.4 Å². The monoisotopic (exact) mass is 402 g/mol. The third-order valence-corrected chi connectivity index (χ3v) is 4.84. The van der Waals surface area contributed by atoms with Crippen LogP contribution in [0.15, 0.2) is 28.6 Å². The van der Waals surface area contributed by atoms with E-state index in [0.717, 1.165) is 10.7 Å². The van der Waals surface area contributed by atoms with E-state index in [9.17, 15) is 8.78 Å². The van der Waals surface area contributed by atoms with Crippen molar-refractivity contribution >= 4 is 28.9 Å². The molecule has 9 heteroatoms. The SMILES string of the molecule is CN=C(NCc1csc(C(C)C)n1)NCc1cc(Cl)ccc1OC(F)F. The first-order valence-electron chi connectivity index (χ1n) is 8.01. The van der Waals surface area contributed by atoms with Gasteiger partial charge in [0.2, 0.25) is 0 Å². The molecule has 0 amide bonds. The van der Waals surface area contributed by atoms with Crippen molar-refractivity contribution in [3.8, 4) is 5.75 Å². The van der Waals surface area contributed by atoms with Crippen LogP contribution in [-0.2, 0) is 13.1 Å². The predicted molar refractivity (Wildman–Crippen MR) is 101 cm³/mol. The van der Waals surface area contributed by atoms with Gasteiger partial charge in [0.05, 0.1) is 17.2 Å². The molecule has 0 saturated carbocycles. The van der Waals surface area contributed by atoms with Crippen molar-refractivity contribution in [3.63, 3.8) is 0 Å². The van der Waals surface area contributed by atoms with Crippen LogP contribution < -0.4 is 15.4 Å². The van der Waals surface area contributed by atoms with Gasteiger partial charge in [-0.15, -0.1) is 11.3 Å². The van der Waals surface area contributed by atoms with E-state index in [2.05, 4.69) is 39.2 Å². The molecule has 1 aromatic carbocycles. The molecule has 0 bridgehead atoms. The fourth-order valence-electron chi connectivity index (χ4n) is 2.14. The molecule has 2 N–H and O–H groups in total. The van der Waals surface area contributed by atoms with E-state index in [-0.39, 0.29) is 12.3 Å². The molecule has 2 aromatic rings. The number of hydrogen-bond donors (Lipinski definition) is 2. The highest BCUT2D eigenvalue weighted by Gasteiger charge is 2.11. The molecule has 5 nitrogen and oxygen atoms in total. The van der Waals surface area contributed by atoms with Crippen molar-refractivity contribution in [3.05, 3.63) is 44.9 Å². The van der Waals surface area contributed by atoms with Crippen LogP contribution in [0.25, 0.3) is 0 Å². The number of ether oxygens (including phenoxy) is 1. The second kappa shape index (κ2) is 9.68. The minimum atomic E-state index is -2.90. The highest BCUT2D eigenvalue weighted by Crippen LogP contribution is 2.24. The van der Waals surface area contributed by atoms with Gasteiger partial charge in [0.15, 0.2) is 5.96 Å². The van der Waals surface area contributed by atoms with Crippen molar-refractivity contribution in [1.29, 1.82) is 0 Å². The summed E-state index contributed by atoms with van der Waals surface area (Å²) < 4.78 is 29.6. The highest BCUT2D eigenvalue weighted by atomic mass is 35.5. The molecule has 1 aromatic heterocycles. The molecule has 1 heterocycles. The Hall–Kier alpha value is -1.93. The summed E-state index contributed by atoms with van der Waals surface area (Å²) in [5.41, 5.74) is 1.43. The van der Waals surface area contributed by atoms with Crippen molar-refractivity contribution in [1.82, 2.24) is 15.6 Å². The average molecular weight is 403 g/mol. The molecule has 0 saturated heterocycles. The van der Waals surface area contributed by atoms with Crippen LogP contribution in [-0.4, -0.2) is 24.6 Å². The first-order valence-corrected chi connectivity index (χ1v) is 9.27. The van der Waals surface area contributed by atoms with Gasteiger partial charge in [-0.3, -0.25) is 4.99 Å². The van der Waals surface area contributed by atoms with E-state index in [0.29, 0.717) is 29.0 Å². The van der Waals surface area contributed by atoms with Crippen LogP contribution >= 0.6 is 22.9 Å². The van der Waals surface area contributed by atoms with Gasteiger partial charge in [-0.25, -0.2) is 4.98 Å². The largest absolute Gasteiger partial charge is 0.434 e. The maximum absolute atomic E-state index is 12.5. The van der Waals surface area contributed by atoms with Crippen LogP contribution in [0, 0.1) is 0 Å². The number of nitrogens with zero attached hydrogens (tertiary/aromatic N) is 2. The number of aromatic nitrogens is 1. The molecular weight excluding hydrogens is 382 g/mol. The summed E-state index contributed by atoms with van der Waals surface area (Å²) in [6.45, 7) is 2.04. The molecule has 2 rings (SSSR count). The molecule has 142 valence electrons. The molecule has 26 heavy (non-hydrogen) atoms. The number of benzene rings is 1. The summed E-state index contributed by atoms with van der Waals surface area (Å²) in [6.07, 6.45) is 0. The molecule has 0 unspecified atom stereocenters. The number of guanidine groups is 1. The Morgan fingerprint density at radius 1 is 1.31 bits per heavy atom. The molecule has 0 atom stereocenters. The lowest BCUT2D eigenvalue weighted by atomic mass is 10.2. The molecule has 0 aliphatic carbocycles. The second-order valence-corrected chi connectivity index (χ2v) is 7.07. The van der Waals surface area contributed by atoms with E-state index in [1.165, 1.54) is 12.1 Å². The van der Waals surface area contributed by atoms with Crippen molar-refractivity contribution in [2.75, 3.05) is 7.05 Å². The normalized spacial score (nSPS) is 11.9. The van der Waals surface area contributed by atoms with Gasteiger partial charge in [-0.2, -0.15) is 8.78 Å². The zero-order chi connectivity index (χ0) is 19.1. The smallest absolute Gasteiger partial charge is 0.387 e. The van der Waals surface area contributed by atoms with Gasteiger partial charge in [-0.05, 0) is 18.2 Å². The Labute approximate surface area is 160 Å². The van der Waals surface area contributed by atoms with E-state index in [1.807, 2.05) is 5.38 Å². The Morgan fingerprint density at radius 2 is 2.04 bits per heavy atom. The Morgan fingerprint density at radius 3 is 2.65 bits per heavy atom. The van der Waals surface area contributed by atoms with Crippen LogP contribution in [0.3, 0.4) is 0 Å². The van der Waals surface area contributed by atoms with Gasteiger partial charge in [-0.1, -0.05) is 25.4 Å². The van der Waals surface area contributed by atoms with Crippen molar-refractivity contribution < 1.29 is 13.5 Å². The lowest BCUT2D eigenvalue weighted by molar-refractivity contribution is -0.0504. The standard InChI is InChI=1S/C17H21ClF2N4OS/c1-10(2)15-24-13(9-26-15)8-23-17(21-3)22-7-11-6-12(18)4-5-14(11)25-16(19)20/h4-6,9-10,16H,7-8H2,1-3H3,(H2,21,22,23). The Bertz CT molecular complexity index is 752. The minimum absolute atomic E-state index is 0.0772. The number of halogens is 3. The fourth-order valence-corrected chi connectivity index (χ4v) is 3.17. The molecular formula is C17H21ClF2N4OS. The third kappa shape index (κ3) is 6.10. The lowest BCUT2D eigenvalue weighted by Gasteiger charge is -2.14. The minimum Gasteiger partial charge on any atom is -0.434 e. The van der Waals surface area contributed by atoms with Gasteiger partial charge in [0, 0.05) is 35.5 Å². The van der Waals surface area contributed by atoms with E-state index >= 15 is 0 Å². The lowest BCUT2D eigenvalue weighted by Crippen LogP contribution is -2.36. The summed E-state index contributed by atoms with van der Waals surface area (Å²) in [5.74, 6) is 0.989. The van der Waals surface area contributed by atoms with E-state index < -0.39 is 6.61 Å². The maximum atomic E-state index is 12.5. The zero-order valence-corrected chi connectivity index (χ0v) is 16.3. The van der Waals surface area contributed by atoms with Crippen LogP contribution in [0.1, 0.15) is 36.0 Å². The highest BCUT2D eigenvalue weighted by molar-refractivity contribution is 7.09. The van der Waals surface area contributed by atoms with Crippen molar-refractivity contribution in [2.24, 2.45) is 4.99 Å². The first kappa shape index (κ1) is 20.4. The van der Waals surface area contributed by atoms with Gasteiger partial charge >= 0.3 is 6.61 Å². The van der Waals surface area contributed by atoms with Crippen LogP contribution in [0.2, 0.25) is 5.02 Å².